The number of aliphatic imine (C=N–C) groups is 1. The number of benzene rings is 2. The lowest BCUT2D eigenvalue weighted by Gasteiger charge is -2.54. The fourth-order valence-electron chi connectivity index (χ4n) is 5.54. The number of nitrogens with zero attached hydrogens (tertiary/aromatic N) is 3. The van der Waals surface area contributed by atoms with E-state index in [1.54, 1.807) is 11.8 Å². The fraction of sp³-hybridized carbons (Fsp3) is 0.286. The van der Waals surface area contributed by atoms with E-state index >= 15 is 0 Å². The van der Waals surface area contributed by atoms with E-state index in [4.69, 9.17) is 9.98 Å². The van der Waals surface area contributed by atoms with Crippen LogP contribution in [0.25, 0.3) is 0 Å². The Kier molecular flexibility index (Phi) is 5.89. The minimum atomic E-state index is -4.11. The molecule has 0 spiro atoms. The van der Waals surface area contributed by atoms with Crippen LogP contribution < -0.4 is 10.2 Å². The van der Waals surface area contributed by atoms with Crippen LogP contribution in [0.5, 0.6) is 0 Å². The van der Waals surface area contributed by atoms with E-state index in [9.17, 15) is 13.0 Å². The van der Waals surface area contributed by atoms with Crippen LogP contribution >= 0.6 is 11.8 Å². The summed E-state index contributed by atoms with van der Waals surface area (Å²) >= 11 is 1.62. The van der Waals surface area contributed by atoms with Crippen molar-refractivity contribution in [3.63, 3.8) is 0 Å². The Balaban J connectivity index is 1.41. The van der Waals surface area contributed by atoms with Crippen LogP contribution in [-0.4, -0.2) is 39.7 Å². The maximum Gasteiger partial charge on any atom is 0.265 e. The molecule has 2 N–H and O–H groups in total. The van der Waals surface area contributed by atoms with Crippen LogP contribution in [0.1, 0.15) is 17.5 Å². The molecule has 37 heavy (non-hydrogen) atoms. The molecule has 0 saturated heterocycles. The molecule has 2 aromatic carbocycles. The van der Waals surface area contributed by atoms with E-state index in [1.807, 2.05) is 66.7 Å². The first kappa shape index (κ1) is 24.2. The number of thioether (sulfide) groups is 1. The number of rotatable bonds is 6. The van der Waals surface area contributed by atoms with Crippen LogP contribution in [-0.2, 0) is 10.1 Å². The second-order valence-electron chi connectivity index (χ2n) is 9.95. The maximum absolute atomic E-state index is 11.8. The summed E-state index contributed by atoms with van der Waals surface area (Å²) in [6.07, 6.45) is 4.86. The van der Waals surface area contributed by atoms with Gasteiger partial charge in [-0.25, -0.2) is 4.98 Å². The number of para-hydroxylation sites is 2. The first-order chi connectivity index (χ1) is 17.7. The molecule has 1 saturated carbocycles. The molecule has 2 heterocycles. The lowest BCUT2D eigenvalue weighted by atomic mass is 9.60. The molecular weight excluding hydrogens is 504 g/mol. The summed E-state index contributed by atoms with van der Waals surface area (Å²) in [6.45, 7) is 4.13. The molecule has 0 amide bonds. The zero-order chi connectivity index (χ0) is 25.8. The lowest BCUT2D eigenvalue weighted by Crippen LogP contribution is -2.60. The summed E-state index contributed by atoms with van der Waals surface area (Å²) < 4.78 is 32.9. The predicted octanol–water partition coefficient (Wildman–Crippen LogP) is 5.88. The molecule has 3 aliphatic rings. The Labute approximate surface area is 221 Å². The summed E-state index contributed by atoms with van der Waals surface area (Å²) in [5, 5.41) is 4.26. The van der Waals surface area contributed by atoms with Crippen LogP contribution in [0.15, 0.2) is 83.9 Å². The van der Waals surface area contributed by atoms with Crippen LogP contribution in [0.4, 0.5) is 23.0 Å². The Morgan fingerprint density at radius 2 is 1.78 bits per heavy atom. The number of hydrogen-bond donors (Lipinski definition) is 2. The summed E-state index contributed by atoms with van der Waals surface area (Å²) in [5.74, 6) is 1.20. The van der Waals surface area contributed by atoms with Gasteiger partial charge >= 0.3 is 0 Å². The largest absolute Gasteiger partial charge is 0.340 e. The SMILES string of the molecule is Cc1cc(N(C2=NC3C4C=CC(CS(=O)(=O)O)C3(C4)S2)c2ccccc2)nc(Nc2ccccc2)c1C. The van der Waals surface area contributed by atoms with E-state index in [1.165, 1.54) is 0 Å². The van der Waals surface area contributed by atoms with Gasteiger partial charge in [-0.15, -0.1) is 0 Å². The number of aromatic nitrogens is 1. The smallest absolute Gasteiger partial charge is 0.265 e. The number of pyridine rings is 1. The van der Waals surface area contributed by atoms with Crippen molar-refractivity contribution in [3.8, 4) is 0 Å². The normalized spacial score (nSPS) is 25.7. The monoisotopic (exact) mass is 532 g/mol. The lowest BCUT2D eigenvalue weighted by molar-refractivity contribution is 0.174. The van der Waals surface area contributed by atoms with Crippen molar-refractivity contribution >= 4 is 50.1 Å². The molecule has 2 aliphatic carbocycles. The molecule has 4 atom stereocenters. The molecule has 6 rings (SSSR count). The molecule has 7 nitrogen and oxygen atoms in total. The van der Waals surface area contributed by atoms with Crippen molar-refractivity contribution < 1.29 is 13.0 Å². The van der Waals surface area contributed by atoms with Gasteiger partial charge in [0.15, 0.2) is 5.17 Å². The third kappa shape index (κ3) is 4.35. The number of amidine groups is 1. The average molecular weight is 533 g/mol. The predicted molar refractivity (Wildman–Crippen MR) is 151 cm³/mol. The second-order valence-corrected chi connectivity index (χ2v) is 12.8. The molecule has 1 aromatic heterocycles. The van der Waals surface area contributed by atoms with Crippen molar-refractivity contribution in [3.05, 3.63) is 90.0 Å². The van der Waals surface area contributed by atoms with Crippen LogP contribution in [0, 0.1) is 25.7 Å². The number of aryl methyl sites for hydroxylation is 1. The molecule has 0 radical (unpaired) electrons. The quantitative estimate of drug-likeness (QED) is 0.302. The van der Waals surface area contributed by atoms with Crippen molar-refractivity contribution in [1.82, 2.24) is 4.98 Å². The van der Waals surface area contributed by atoms with Gasteiger partial charge in [0.25, 0.3) is 10.1 Å². The number of allylic oxidation sites excluding steroid dienone is 1. The Bertz CT molecular complexity index is 1510. The summed E-state index contributed by atoms with van der Waals surface area (Å²) in [7, 11) is -4.11. The van der Waals surface area contributed by atoms with Crippen LogP contribution in [0.2, 0.25) is 0 Å². The highest BCUT2D eigenvalue weighted by molar-refractivity contribution is 8.15. The summed E-state index contributed by atoms with van der Waals surface area (Å²) in [4.78, 5) is 12.3. The standard InChI is InChI=1S/C28H28N4O3S2/c1-18-15-24(30-26(19(18)2)29-22-9-5-3-6-10-22)32(23-11-7-4-8-12-23)27-31-25-20-13-14-21(17-37(33,34)35)28(25,16-20)36-27/h3-15,20-21,25H,16-17H2,1-2H3,(H,29,30)(H,33,34,35). The Morgan fingerprint density at radius 1 is 1.08 bits per heavy atom. The molecule has 1 fully saturated rings. The number of nitrogens with one attached hydrogen (secondary N) is 1. The van der Waals surface area contributed by atoms with E-state index in [0.717, 1.165) is 45.7 Å². The van der Waals surface area contributed by atoms with Gasteiger partial charge in [0.2, 0.25) is 0 Å². The third-order valence-corrected chi connectivity index (χ3v) is 9.93. The first-order valence-electron chi connectivity index (χ1n) is 12.3. The number of hydrogen-bond acceptors (Lipinski definition) is 7. The minimum absolute atomic E-state index is 0.0241. The van der Waals surface area contributed by atoms with E-state index < -0.39 is 10.1 Å². The second kappa shape index (κ2) is 9.01. The third-order valence-electron chi connectivity index (χ3n) is 7.59. The molecule has 1 aliphatic heterocycles. The Hall–Kier alpha value is -3.14. The topological polar surface area (TPSA) is 94.9 Å². The highest BCUT2D eigenvalue weighted by Crippen LogP contribution is 2.63. The van der Waals surface area contributed by atoms with Gasteiger partial charge in [-0.2, -0.15) is 8.42 Å². The van der Waals surface area contributed by atoms with Crippen molar-refractivity contribution in [2.24, 2.45) is 16.8 Å². The molecule has 4 unspecified atom stereocenters. The Morgan fingerprint density at radius 3 is 2.49 bits per heavy atom. The van der Waals surface area contributed by atoms with Gasteiger partial charge in [0.05, 0.1) is 16.5 Å². The zero-order valence-electron chi connectivity index (χ0n) is 20.6. The fourth-order valence-corrected chi connectivity index (χ4v) is 8.24. The van der Waals surface area contributed by atoms with Gasteiger partial charge in [-0.1, -0.05) is 60.3 Å². The van der Waals surface area contributed by atoms with Gasteiger partial charge in [0.1, 0.15) is 11.6 Å². The molecule has 3 aromatic rings. The van der Waals surface area contributed by atoms with Gasteiger partial charge in [-0.05, 0) is 61.7 Å². The van der Waals surface area contributed by atoms with Gasteiger partial charge < -0.3 is 5.32 Å². The highest BCUT2D eigenvalue weighted by Gasteiger charge is 2.64. The average Bonchev–Trinajstić information content (AvgIpc) is 3.16. The highest BCUT2D eigenvalue weighted by atomic mass is 32.2. The van der Waals surface area contributed by atoms with Crippen molar-refractivity contribution in [1.29, 1.82) is 0 Å². The summed E-state index contributed by atoms with van der Waals surface area (Å²) in [5.41, 5.74) is 4.05. The van der Waals surface area contributed by atoms with Crippen molar-refractivity contribution in [2.45, 2.75) is 31.1 Å². The minimum Gasteiger partial charge on any atom is -0.340 e. The number of anilines is 4. The van der Waals surface area contributed by atoms with E-state index in [2.05, 4.69) is 36.2 Å². The molecule has 190 valence electrons. The summed E-state index contributed by atoms with van der Waals surface area (Å²) in [6, 6.07) is 22.0. The van der Waals surface area contributed by atoms with Crippen molar-refractivity contribution in [2.75, 3.05) is 16.0 Å². The van der Waals surface area contributed by atoms with E-state index in [0.29, 0.717) is 0 Å². The van der Waals surface area contributed by atoms with Gasteiger partial charge in [-0.3, -0.25) is 14.4 Å². The molecular formula is C28H28N4O3S2. The molecule has 9 heteroatoms. The zero-order valence-corrected chi connectivity index (χ0v) is 22.2. The first-order valence-corrected chi connectivity index (χ1v) is 14.7. The maximum atomic E-state index is 11.8. The molecule has 2 bridgehead atoms. The van der Waals surface area contributed by atoms with Crippen LogP contribution in [0.3, 0.4) is 0 Å². The van der Waals surface area contributed by atoms with E-state index in [-0.39, 0.29) is 28.4 Å². The van der Waals surface area contributed by atoms with Gasteiger partial charge in [0, 0.05) is 23.2 Å².